The summed E-state index contributed by atoms with van der Waals surface area (Å²) in [5.74, 6) is 0.750. The Labute approximate surface area is 174 Å². The molecule has 7 nitrogen and oxygen atoms in total. The Morgan fingerprint density at radius 1 is 1.27 bits per heavy atom. The summed E-state index contributed by atoms with van der Waals surface area (Å²) in [6.07, 6.45) is 9.59. The van der Waals surface area contributed by atoms with Crippen LogP contribution in [-0.4, -0.2) is 50.3 Å². The fourth-order valence-corrected chi connectivity index (χ4v) is 4.38. The van der Waals surface area contributed by atoms with Gasteiger partial charge in [0.1, 0.15) is 11.6 Å². The van der Waals surface area contributed by atoms with Crippen LogP contribution in [0.1, 0.15) is 16.8 Å². The first kappa shape index (κ1) is 18.6. The van der Waals surface area contributed by atoms with Crippen molar-refractivity contribution < 1.29 is 4.39 Å². The van der Waals surface area contributed by atoms with Gasteiger partial charge in [0.25, 0.3) is 5.95 Å². The Hall–Kier alpha value is -3.42. The van der Waals surface area contributed by atoms with Crippen molar-refractivity contribution in [1.29, 1.82) is 0 Å². The van der Waals surface area contributed by atoms with Gasteiger partial charge in [0.2, 0.25) is 0 Å². The highest BCUT2D eigenvalue weighted by Crippen LogP contribution is 2.34. The molecule has 1 saturated heterocycles. The molecule has 2 aliphatic heterocycles. The van der Waals surface area contributed by atoms with Crippen LogP contribution in [0.2, 0.25) is 0 Å². The minimum absolute atomic E-state index is 0.156. The number of allylic oxidation sites excluding steroid dienone is 1. The van der Waals surface area contributed by atoms with Crippen molar-refractivity contribution in [3.05, 3.63) is 71.6 Å². The van der Waals surface area contributed by atoms with Gasteiger partial charge in [-0.1, -0.05) is 12.1 Å². The molecule has 5 rings (SSSR count). The second kappa shape index (κ2) is 7.44. The first-order chi connectivity index (χ1) is 14.6. The minimum atomic E-state index is -0.156. The van der Waals surface area contributed by atoms with E-state index in [-0.39, 0.29) is 5.82 Å². The molecule has 0 spiro atoms. The second-order valence-electron chi connectivity index (χ2n) is 7.86. The summed E-state index contributed by atoms with van der Waals surface area (Å²) in [5.41, 5.74) is 10.2. The molecular formula is C22H24FN7. The number of piperazine rings is 1. The molecule has 0 saturated carbocycles. The van der Waals surface area contributed by atoms with Crippen molar-refractivity contribution in [3.8, 4) is 5.95 Å². The van der Waals surface area contributed by atoms with E-state index in [1.54, 1.807) is 29.1 Å². The SMILES string of the molecule is Cc1c(CC=CN2CCN3c4cc(F)ccc4CC3C2)cnn1-c1nccc(N)n1. The van der Waals surface area contributed by atoms with Crippen molar-refractivity contribution in [3.63, 3.8) is 0 Å². The van der Waals surface area contributed by atoms with Gasteiger partial charge < -0.3 is 15.5 Å². The van der Waals surface area contributed by atoms with Gasteiger partial charge in [-0.2, -0.15) is 10.1 Å². The molecule has 2 N–H and O–H groups in total. The molecule has 154 valence electrons. The van der Waals surface area contributed by atoms with Crippen LogP contribution in [0.25, 0.3) is 5.95 Å². The third kappa shape index (κ3) is 3.38. The number of fused-ring (bicyclic) bond motifs is 3. The van der Waals surface area contributed by atoms with Gasteiger partial charge in [-0.25, -0.2) is 14.1 Å². The van der Waals surface area contributed by atoms with E-state index in [4.69, 9.17) is 5.73 Å². The van der Waals surface area contributed by atoms with E-state index in [0.717, 1.165) is 49.4 Å². The number of nitrogens with two attached hydrogens (primary N) is 1. The predicted octanol–water partition coefficient (Wildman–Crippen LogP) is 2.50. The minimum Gasteiger partial charge on any atom is -0.384 e. The Morgan fingerprint density at radius 3 is 3.03 bits per heavy atom. The lowest BCUT2D eigenvalue weighted by molar-refractivity contribution is 0.303. The molecule has 0 aliphatic carbocycles. The molecule has 1 aromatic carbocycles. The largest absolute Gasteiger partial charge is 0.384 e. The fourth-order valence-electron chi connectivity index (χ4n) is 4.38. The first-order valence-corrected chi connectivity index (χ1v) is 10.2. The monoisotopic (exact) mass is 405 g/mol. The summed E-state index contributed by atoms with van der Waals surface area (Å²) in [7, 11) is 0. The number of hydrogen-bond acceptors (Lipinski definition) is 6. The summed E-state index contributed by atoms with van der Waals surface area (Å²) in [6, 6.07) is 7.22. The summed E-state index contributed by atoms with van der Waals surface area (Å²) < 4.78 is 15.3. The molecular weight excluding hydrogens is 381 g/mol. The molecule has 2 aliphatic rings. The van der Waals surface area contributed by atoms with Gasteiger partial charge in [-0.05, 0) is 55.3 Å². The number of rotatable bonds is 4. The second-order valence-corrected chi connectivity index (χ2v) is 7.86. The maximum Gasteiger partial charge on any atom is 0.252 e. The van der Waals surface area contributed by atoms with Crippen LogP contribution in [0.4, 0.5) is 15.9 Å². The average molecular weight is 405 g/mol. The van der Waals surface area contributed by atoms with Gasteiger partial charge in [0, 0.05) is 37.2 Å². The van der Waals surface area contributed by atoms with E-state index in [2.05, 4.69) is 37.1 Å². The van der Waals surface area contributed by atoms with Gasteiger partial charge in [0.15, 0.2) is 0 Å². The molecule has 1 unspecified atom stereocenters. The van der Waals surface area contributed by atoms with Crippen molar-refractivity contribution in [2.75, 3.05) is 30.3 Å². The molecule has 0 radical (unpaired) electrons. The van der Waals surface area contributed by atoms with Crippen LogP contribution in [-0.2, 0) is 12.8 Å². The van der Waals surface area contributed by atoms with Gasteiger partial charge in [0.05, 0.1) is 12.2 Å². The van der Waals surface area contributed by atoms with E-state index in [1.165, 1.54) is 5.56 Å². The number of nitrogens with zero attached hydrogens (tertiary/aromatic N) is 6. The highest BCUT2D eigenvalue weighted by molar-refractivity contribution is 5.60. The molecule has 0 amide bonds. The molecule has 3 aromatic rings. The Bertz CT molecular complexity index is 1110. The number of hydrogen-bond donors (Lipinski definition) is 1. The Balaban J connectivity index is 1.23. The first-order valence-electron chi connectivity index (χ1n) is 10.2. The molecule has 0 bridgehead atoms. The maximum absolute atomic E-state index is 13.6. The molecule has 2 aromatic heterocycles. The summed E-state index contributed by atoms with van der Waals surface area (Å²) in [4.78, 5) is 13.2. The lowest BCUT2D eigenvalue weighted by atomic mass is 10.1. The highest BCUT2D eigenvalue weighted by Gasteiger charge is 2.33. The van der Waals surface area contributed by atoms with Crippen LogP contribution in [0.3, 0.4) is 0 Å². The predicted molar refractivity (Wildman–Crippen MR) is 114 cm³/mol. The van der Waals surface area contributed by atoms with Gasteiger partial charge in [-0.3, -0.25) is 0 Å². The van der Waals surface area contributed by atoms with Gasteiger partial charge >= 0.3 is 0 Å². The van der Waals surface area contributed by atoms with Crippen molar-refractivity contribution in [1.82, 2.24) is 24.6 Å². The molecule has 8 heteroatoms. The lowest BCUT2D eigenvalue weighted by Crippen LogP contribution is -2.49. The number of nitrogen functional groups attached to an aromatic ring is 1. The molecule has 1 fully saturated rings. The topological polar surface area (TPSA) is 76.1 Å². The number of benzene rings is 1. The van der Waals surface area contributed by atoms with E-state index in [0.29, 0.717) is 17.8 Å². The quantitative estimate of drug-likeness (QED) is 0.719. The zero-order valence-electron chi connectivity index (χ0n) is 16.9. The molecule has 4 heterocycles. The maximum atomic E-state index is 13.6. The van der Waals surface area contributed by atoms with Gasteiger partial charge in [-0.15, -0.1) is 0 Å². The highest BCUT2D eigenvalue weighted by atomic mass is 19.1. The standard InChI is InChI=1S/C22H24FN7/c1-15-17(13-26-30(15)22-25-7-6-21(24)27-22)3-2-8-28-9-10-29-19(14-28)11-16-4-5-18(23)12-20(16)29/h2,4-8,12-13,19H,3,9-11,14H2,1H3,(H2,24,25,27). The Kier molecular flexibility index (Phi) is 4.61. The molecule has 30 heavy (non-hydrogen) atoms. The fraction of sp³-hybridized carbons (Fsp3) is 0.318. The van der Waals surface area contributed by atoms with E-state index in [9.17, 15) is 4.39 Å². The van der Waals surface area contributed by atoms with Crippen LogP contribution >= 0.6 is 0 Å². The normalized spacial score (nSPS) is 18.1. The summed E-state index contributed by atoms with van der Waals surface area (Å²) >= 11 is 0. The zero-order valence-corrected chi connectivity index (χ0v) is 16.9. The van der Waals surface area contributed by atoms with Crippen LogP contribution < -0.4 is 10.6 Å². The third-order valence-electron chi connectivity index (χ3n) is 5.95. The van der Waals surface area contributed by atoms with Crippen molar-refractivity contribution in [2.24, 2.45) is 0 Å². The van der Waals surface area contributed by atoms with Crippen molar-refractivity contribution >= 4 is 11.5 Å². The zero-order chi connectivity index (χ0) is 20.7. The van der Waals surface area contributed by atoms with Crippen LogP contribution in [0, 0.1) is 12.7 Å². The van der Waals surface area contributed by atoms with Crippen LogP contribution in [0.5, 0.6) is 0 Å². The van der Waals surface area contributed by atoms with Crippen LogP contribution in [0.15, 0.2) is 48.9 Å². The Morgan fingerprint density at radius 2 is 2.17 bits per heavy atom. The number of halogens is 1. The smallest absolute Gasteiger partial charge is 0.252 e. The van der Waals surface area contributed by atoms with E-state index < -0.39 is 0 Å². The lowest BCUT2D eigenvalue weighted by Gasteiger charge is -2.38. The molecule has 1 atom stereocenters. The van der Waals surface area contributed by atoms with E-state index >= 15 is 0 Å². The summed E-state index contributed by atoms with van der Waals surface area (Å²) in [5, 5.41) is 4.42. The third-order valence-corrected chi connectivity index (χ3v) is 5.95. The summed E-state index contributed by atoms with van der Waals surface area (Å²) in [6.45, 7) is 4.80. The average Bonchev–Trinajstić information content (AvgIpc) is 3.28. The number of anilines is 2. The van der Waals surface area contributed by atoms with Crippen molar-refractivity contribution in [2.45, 2.75) is 25.8 Å². The van der Waals surface area contributed by atoms with E-state index in [1.807, 2.05) is 19.2 Å². The number of aromatic nitrogens is 4.